The first-order valence-electron chi connectivity index (χ1n) is 2.17. The predicted molar refractivity (Wildman–Crippen MR) is 26.0 cm³/mol. The first kappa shape index (κ1) is 3.44. The van der Waals surface area contributed by atoms with Crippen LogP contribution in [0.15, 0.2) is 0 Å². The summed E-state index contributed by atoms with van der Waals surface area (Å²) in [5.74, 6) is 0. The lowest BCUT2D eigenvalue weighted by molar-refractivity contribution is 0.417. The Hall–Kier alpha value is 0.440. The van der Waals surface area contributed by atoms with E-state index >= 15 is 0 Å². The molecule has 0 bridgehead atoms. The molecule has 2 aliphatic rings. The maximum atomic E-state index is 5.09. The number of alkyl halides is 1. The molecule has 1 heterocycles. The van der Waals surface area contributed by atoms with Gasteiger partial charge in [-0.15, -0.1) is 0 Å². The second-order valence-corrected chi connectivity index (χ2v) is 3.07. The largest absolute Gasteiger partial charge is 0.368 e. The van der Waals surface area contributed by atoms with Crippen molar-refractivity contribution in [2.45, 2.75) is 23.5 Å². The van der Waals surface area contributed by atoms with E-state index in [1.165, 1.54) is 6.42 Å². The van der Waals surface area contributed by atoms with E-state index in [-0.39, 0.29) is 0 Å². The lowest BCUT2D eigenvalue weighted by Crippen LogP contribution is -2.22. The molecule has 2 fully saturated rings. The summed E-state index contributed by atoms with van der Waals surface area (Å²) >= 11 is 3.44. The third-order valence-electron chi connectivity index (χ3n) is 1.44. The topological polar surface area (TPSA) is 12.5 Å². The van der Waals surface area contributed by atoms with Crippen molar-refractivity contribution in [2.75, 3.05) is 0 Å². The van der Waals surface area contributed by atoms with Gasteiger partial charge in [0.2, 0.25) is 0 Å². The van der Waals surface area contributed by atoms with Gasteiger partial charge in [0.05, 0.1) is 12.2 Å². The van der Waals surface area contributed by atoms with Gasteiger partial charge in [-0.3, -0.25) is 0 Å². The molecular formula is C4H5BrO. The average Bonchev–Trinajstić information content (AvgIpc) is 2.12. The summed E-state index contributed by atoms with van der Waals surface area (Å²) in [6.45, 7) is 0. The molecule has 0 aromatic carbocycles. The molecular weight excluding hydrogens is 144 g/mol. The molecule has 0 radical (unpaired) electrons. The van der Waals surface area contributed by atoms with Crippen LogP contribution in [0, 0.1) is 0 Å². The Balaban J connectivity index is 2.08. The average molecular weight is 149 g/mol. The normalized spacial score (nSPS) is 62.5. The zero-order chi connectivity index (χ0) is 4.15. The maximum Gasteiger partial charge on any atom is 0.0967 e. The number of fused-ring (bicyclic) bond motifs is 1. The van der Waals surface area contributed by atoms with Gasteiger partial charge in [-0.05, 0) is 6.42 Å². The summed E-state index contributed by atoms with van der Waals surface area (Å²) in [7, 11) is 0. The zero-order valence-corrected chi connectivity index (χ0v) is 4.81. The molecule has 6 heavy (non-hydrogen) atoms. The monoisotopic (exact) mass is 148 g/mol. The Morgan fingerprint density at radius 1 is 1.67 bits per heavy atom. The van der Waals surface area contributed by atoms with E-state index in [0.29, 0.717) is 17.0 Å². The van der Waals surface area contributed by atoms with Gasteiger partial charge in [0.1, 0.15) is 0 Å². The van der Waals surface area contributed by atoms with Crippen LogP contribution >= 0.6 is 15.9 Å². The third kappa shape index (κ3) is 0.252. The molecule has 1 saturated heterocycles. The Morgan fingerprint density at radius 3 is 2.50 bits per heavy atom. The van der Waals surface area contributed by atoms with Crippen LogP contribution in [0.25, 0.3) is 0 Å². The minimum Gasteiger partial charge on any atom is -0.368 e. The van der Waals surface area contributed by atoms with E-state index < -0.39 is 0 Å². The number of hydrogen-bond acceptors (Lipinski definition) is 1. The lowest BCUT2D eigenvalue weighted by atomic mass is 10.0. The maximum absolute atomic E-state index is 5.09. The molecule has 0 spiro atoms. The summed E-state index contributed by atoms with van der Waals surface area (Å²) in [6, 6.07) is 0. The number of ether oxygens (including phenoxy) is 1. The summed E-state index contributed by atoms with van der Waals surface area (Å²) < 4.78 is 5.09. The molecule has 0 N–H and O–H groups in total. The SMILES string of the molecule is BrC1CC2OC12. The van der Waals surface area contributed by atoms with E-state index in [1.54, 1.807) is 0 Å². The van der Waals surface area contributed by atoms with Crippen molar-refractivity contribution in [2.24, 2.45) is 0 Å². The quantitative estimate of drug-likeness (QED) is 0.368. The highest BCUT2D eigenvalue weighted by atomic mass is 79.9. The van der Waals surface area contributed by atoms with Crippen molar-refractivity contribution in [1.29, 1.82) is 0 Å². The fourth-order valence-electron chi connectivity index (χ4n) is 0.825. The molecule has 1 saturated carbocycles. The van der Waals surface area contributed by atoms with Crippen LogP contribution in [0.1, 0.15) is 6.42 Å². The summed E-state index contributed by atoms with van der Waals surface area (Å²) in [4.78, 5) is 0.697. The molecule has 1 aliphatic heterocycles. The molecule has 2 rings (SSSR count). The van der Waals surface area contributed by atoms with Gasteiger partial charge >= 0.3 is 0 Å². The zero-order valence-electron chi connectivity index (χ0n) is 3.23. The van der Waals surface area contributed by atoms with Crippen LogP contribution in [0.5, 0.6) is 0 Å². The van der Waals surface area contributed by atoms with Gasteiger partial charge in [-0.25, -0.2) is 0 Å². The minimum atomic E-state index is 0.616. The van der Waals surface area contributed by atoms with Gasteiger partial charge in [-0.2, -0.15) is 0 Å². The van der Waals surface area contributed by atoms with E-state index in [9.17, 15) is 0 Å². The first-order chi connectivity index (χ1) is 2.88. The van der Waals surface area contributed by atoms with Crippen LogP contribution in [0.3, 0.4) is 0 Å². The second-order valence-electron chi connectivity index (χ2n) is 1.89. The Labute approximate surface area is 44.8 Å². The van der Waals surface area contributed by atoms with Crippen LogP contribution in [0.4, 0.5) is 0 Å². The number of epoxide rings is 1. The predicted octanol–water partition coefficient (Wildman–Crippen LogP) is 0.921. The van der Waals surface area contributed by atoms with Gasteiger partial charge in [-0.1, -0.05) is 15.9 Å². The van der Waals surface area contributed by atoms with Crippen molar-refractivity contribution < 1.29 is 4.74 Å². The van der Waals surface area contributed by atoms with Crippen molar-refractivity contribution >= 4 is 15.9 Å². The van der Waals surface area contributed by atoms with Gasteiger partial charge in [0.25, 0.3) is 0 Å². The summed E-state index contributed by atoms with van der Waals surface area (Å²) in [5, 5.41) is 0. The van der Waals surface area contributed by atoms with Crippen molar-refractivity contribution in [1.82, 2.24) is 0 Å². The highest BCUT2D eigenvalue weighted by Crippen LogP contribution is 2.45. The molecule has 0 amide bonds. The van der Waals surface area contributed by atoms with Crippen molar-refractivity contribution in [3.05, 3.63) is 0 Å². The fourth-order valence-corrected chi connectivity index (χ4v) is 1.66. The summed E-state index contributed by atoms with van der Waals surface area (Å²) in [6.07, 6.45) is 2.52. The van der Waals surface area contributed by atoms with Crippen molar-refractivity contribution in [3.63, 3.8) is 0 Å². The molecule has 3 unspecified atom stereocenters. The molecule has 3 atom stereocenters. The highest BCUT2D eigenvalue weighted by Gasteiger charge is 2.54. The standard InChI is InChI=1S/C4H5BrO/c5-2-1-3-4(2)6-3/h2-4H,1H2. The summed E-state index contributed by atoms with van der Waals surface area (Å²) in [5.41, 5.74) is 0. The van der Waals surface area contributed by atoms with E-state index in [0.717, 1.165) is 0 Å². The smallest absolute Gasteiger partial charge is 0.0967 e. The second kappa shape index (κ2) is 0.819. The number of rotatable bonds is 0. The van der Waals surface area contributed by atoms with E-state index in [1.807, 2.05) is 0 Å². The third-order valence-corrected chi connectivity index (χ3v) is 2.33. The Bertz CT molecular complexity index is 83.6. The lowest BCUT2D eigenvalue weighted by Gasteiger charge is -2.09. The molecule has 2 heteroatoms. The van der Waals surface area contributed by atoms with Crippen LogP contribution in [-0.2, 0) is 4.74 Å². The molecule has 34 valence electrons. The molecule has 0 aromatic heterocycles. The van der Waals surface area contributed by atoms with Crippen LogP contribution < -0.4 is 0 Å². The molecule has 1 aliphatic carbocycles. The van der Waals surface area contributed by atoms with Gasteiger partial charge in [0.15, 0.2) is 0 Å². The Morgan fingerprint density at radius 2 is 2.50 bits per heavy atom. The van der Waals surface area contributed by atoms with E-state index in [2.05, 4.69) is 15.9 Å². The highest BCUT2D eigenvalue weighted by molar-refractivity contribution is 9.09. The van der Waals surface area contributed by atoms with Crippen LogP contribution in [-0.4, -0.2) is 17.0 Å². The van der Waals surface area contributed by atoms with Gasteiger partial charge < -0.3 is 4.74 Å². The number of hydrogen-bond donors (Lipinski definition) is 0. The molecule has 0 aromatic rings. The molecule has 1 nitrogen and oxygen atoms in total. The first-order valence-corrected chi connectivity index (χ1v) is 3.09. The fraction of sp³-hybridized carbons (Fsp3) is 1.00. The van der Waals surface area contributed by atoms with Crippen LogP contribution in [0.2, 0.25) is 0 Å². The Kier molecular flexibility index (Phi) is 0.470. The van der Waals surface area contributed by atoms with E-state index in [4.69, 9.17) is 4.74 Å². The van der Waals surface area contributed by atoms with Crippen molar-refractivity contribution in [3.8, 4) is 0 Å². The number of halogens is 1. The minimum absolute atomic E-state index is 0.616. The van der Waals surface area contributed by atoms with Gasteiger partial charge in [0, 0.05) is 4.83 Å².